The van der Waals surface area contributed by atoms with Crippen LogP contribution in [0.4, 0.5) is 18.3 Å². The summed E-state index contributed by atoms with van der Waals surface area (Å²) in [7, 11) is -2.72. The van der Waals surface area contributed by atoms with Crippen LogP contribution in [0.5, 0.6) is 0 Å². The first-order chi connectivity index (χ1) is 12.2. The van der Waals surface area contributed by atoms with Crippen molar-refractivity contribution in [1.29, 1.82) is 0 Å². The Bertz CT molecular complexity index is 1020. The summed E-state index contributed by atoms with van der Waals surface area (Å²) >= 11 is 2.88. The Kier molecular flexibility index (Phi) is 5.09. The fraction of sp³-hybridized carbons (Fsp3) is 0.188. The first kappa shape index (κ1) is 18.9. The van der Waals surface area contributed by atoms with E-state index in [0.29, 0.717) is 15.6 Å². The third kappa shape index (κ3) is 4.08. The number of anilines is 1. The van der Waals surface area contributed by atoms with E-state index in [-0.39, 0.29) is 0 Å². The first-order valence-electron chi connectivity index (χ1n) is 7.29. The van der Waals surface area contributed by atoms with Gasteiger partial charge in [0.1, 0.15) is 5.69 Å². The van der Waals surface area contributed by atoms with Crippen molar-refractivity contribution in [3.8, 4) is 11.3 Å². The van der Waals surface area contributed by atoms with Crippen LogP contribution in [-0.2, 0) is 15.9 Å². The van der Waals surface area contributed by atoms with E-state index < -0.39 is 21.6 Å². The third-order valence-electron chi connectivity index (χ3n) is 3.65. The molecule has 0 aliphatic heterocycles. The van der Waals surface area contributed by atoms with Crippen LogP contribution < -0.4 is 4.72 Å². The molecule has 3 aromatic heterocycles. The quantitative estimate of drug-likeness (QED) is 0.492. The molecule has 0 saturated heterocycles. The molecule has 0 aromatic carbocycles. The zero-order valence-electron chi connectivity index (χ0n) is 13.7. The number of hydrogen-bond acceptors (Lipinski definition) is 5. The fourth-order valence-corrected chi connectivity index (χ4v) is 5.09. The van der Waals surface area contributed by atoms with Gasteiger partial charge in [-0.2, -0.15) is 24.5 Å². The summed E-state index contributed by atoms with van der Waals surface area (Å²) in [5.41, 5.74) is 1.16. The molecule has 4 nitrogen and oxygen atoms in total. The average molecular weight is 418 g/mol. The van der Waals surface area contributed by atoms with Gasteiger partial charge in [0.2, 0.25) is 0 Å². The minimum Gasteiger partial charge on any atom is -0.288 e. The number of thiophene rings is 1. The lowest BCUT2D eigenvalue weighted by Gasteiger charge is -2.12. The van der Waals surface area contributed by atoms with Gasteiger partial charge in [-0.3, -0.25) is 9.71 Å². The van der Waals surface area contributed by atoms with Crippen molar-refractivity contribution in [1.82, 2.24) is 9.97 Å². The van der Waals surface area contributed by atoms with Crippen LogP contribution >= 0.6 is 22.7 Å². The smallest absolute Gasteiger partial charge is 0.288 e. The molecule has 0 radical (unpaired) electrons. The highest BCUT2D eigenvalue weighted by molar-refractivity contribution is 8.03. The van der Waals surface area contributed by atoms with Crippen molar-refractivity contribution in [3.05, 3.63) is 51.8 Å². The van der Waals surface area contributed by atoms with Gasteiger partial charge in [0.15, 0.2) is 5.13 Å². The van der Waals surface area contributed by atoms with Crippen molar-refractivity contribution < 1.29 is 17.4 Å². The van der Waals surface area contributed by atoms with Gasteiger partial charge < -0.3 is 0 Å². The van der Waals surface area contributed by atoms with E-state index in [2.05, 4.69) is 14.7 Å². The van der Waals surface area contributed by atoms with Crippen LogP contribution in [0.1, 0.15) is 18.2 Å². The second-order valence-electron chi connectivity index (χ2n) is 5.48. The molecule has 0 amide bonds. The van der Waals surface area contributed by atoms with E-state index in [1.165, 1.54) is 23.7 Å². The lowest BCUT2D eigenvalue weighted by Crippen LogP contribution is -2.20. The minimum atomic E-state index is -4.50. The van der Waals surface area contributed by atoms with Gasteiger partial charge in [-0.15, -0.1) is 11.3 Å². The fourth-order valence-electron chi connectivity index (χ4n) is 2.10. The molecule has 26 heavy (non-hydrogen) atoms. The van der Waals surface area contributed by atoms with Crippen molar-refractivity contribution >= 4 is 42.4 Å². The van der Waals surface area contributed by atoms with Gasteiger partial charge in [-0.1, -0.05) is 6.07 Å². The van der Waals surface area contributed by atoms with E-state index in [1.807, 2.05) is 22.2 Å². The zero-order valence-corrected chi connectivity index (χ0v) is 16.2. The number of pyridine rings is 1. The van der Waals surface area contributed by atoms with Crippen LogP contribution in [0.25, 0.3) is 11.3 Å². The average Bonchev–Trinajstić information content (AvgIpc) is 3.24. The number of rotatable bonds is 4. The Hall–Kier alpha value is -1.91. The maximum atomic E-state index is 13.0. The van der Waals surface area contributed by atoms with Crippen LogP contribution in [0.3, 0.4) is 0 Å². The Morgan fingerprint density at radius 3 is 2.58 bits per heavy atom. The summed E-state index contributed by atoms with van der Waals surface area (Å²) in [6.45, 7) is 1.60. The molecule has 0 bridgehead atoms. The highest BCUT2D eigenvalue weighted by atomic mass is 32.2. The molecule has 0 spiro atoms. The molecule has 0 aliphatic carbocycles. The number of hydrogen-bond donors (Lipinski definition) is 1. The topological polar surface area (TPSA) is 54.9 Å². The molecule has 3 heterocycles. The zero-order chi connectivity index (χ0) is 18.9. The van der Waals surface area contributed by atoms with Crippen LogP contribution in [0, 0.1) is 0 Å². The van der Waals surface area contributed by atoms with Crippen LogP contribution in [-0.4, -0.2) is 25.3 Å². The number of alkyl halides is 3. The Balaban J connectivity index is 1.87. The van der Waals surface area contributed by atoms with Crippen molar-refractivity contribution in [3.63, 3.8) is 0 Å². The molecule has 0 aliphatic rings. The number of thiazole rings is 1. The Morgan fingerprint density at radius 1 is 1.23 bits per heavy atom. The molecule has 1 unspecified atom stereocenters. The van der Waals surface area contributed by atoms with E-state index in [4.69, 9.17) is 0 Å². The summed E-state index contributed by atoms with van der Waals surface area (Å²) < 4.78 is 53.7. The molecule has 3 rings (SSSR count). The lowest BCUT2D eigenvalue weighted by atomic mass is 10.2. The number of halogens is 3. The predicted molar refractivity (Wildman–Crippen MR) is 102 cm³/mol. The second kappa shape index (κ2) is 7.01. The monoisotopic (exact) mass is 417 g/mol. The summed E-state index contributed by atoms with van der Waals surface area (Å²) in [6, 6.07) is 4.10. The van der Waals surface area contributed by atoms with Crippen molar-refractivity contribution in [2.75, 3.05) is 11.0 Å². The summed E-state index contributed by atoms with van der Waals surface area (Å²) in [4.78, 5) is 8.24. The molecular formula is C16H14F3N3OS3. The van der Waals surface area contributed by atoms with Gasteiger partial charge in [0, 0.05) is 39.2 Å². The molecule has 138 valence electrons. The summed E-state index contributed by atoms with van der Waals surface area (Å²) in [6.07, 6.45) is -1.93. The number of nitrogens with one attached hydrogen (secondary N) is 1. The van der Waals surface area contributed by atoms with Crippen LogP contribution in [0.2, 0.25) is 0 Å². The number of nitrogens with zero attached hydrogens (tertiary/aromatic N) is 2. The molecular weight excluding hydrogens is 403 g/mol. The molecule has 1 atom stereocenters. The largest absolute Gasteiger partial charge is 0.433 e. The SMILES string of the molecule is CC(c1ccc(C(F)(F)F)nc1)=S(C)(=O)Nc1nc(-c2ccsc2)cs1. The minimum absolute atomic E-state index is 0.382. The maximum absolute atomic E-state index is 13.0. The highest BCUT2D eigenvalue weighted by Gasteiger charge is 2.32. The second-order valence-corrected chi connectivity index (χ2v) is 9.62. The predicted octanol–water partition coefficient (Wildman–Crippen LogP) is 4.77. The highest BCUT2D eigenvalue weighted by Crippen LogP contribution is 2.28. The first-order valence-corrected chi connectivity index (χ1v) is 11.1. The van der Waals surface area contributed by atoms with Gasteiger partial charge in [-0.25, -0.2) is 9.19 Å². The molecule has 0 saturated carbocycles. The Morgan fingerprint density at radius 2 is 2.00 bits per heavy atom. The third-order valence-corrected chi connectivity index (χ3v) is 7.21. The number of aromatic nitrogens is 2. The van der Waals surface area contributed by atoms with Crippen molar-refractivity contribution in [2.45, 2.75) is 13.1 Å². The molecule has 1 N–H and O–H groups in total. The van der Waals surface area contributed by atoms with Gasteiger partial charge in [0.25, 0.3) is 0 Å². The summed E-state index contributed by atoms with van der Waals surface area (Å²) in [5.74, 6) is 0. The van der Waals surface area contributed by atoms with E-state index in [0.717, 1.165) is 23.5 Å². The van der Waals surface area contributed by atoms with Gasteiger partial charge >= 0.3 is 6.18 Å². The standard InChI is InChI=1S/C16H14F3N3OS3/c1-10(11-3-4-14(20-7-11)16(17,18)19)26(2,23)22-15-21-13(9-25-15)12-5-6-24-8-12/h3-9H,1-2H3,(H,21,22,23). The van der Waals surface area contributed by atoms with Gasteiger partial charge in [0.05, 0.1) is 15.4 Å². The Labute approximate surface area is 156 Å². The summed E-state index contributed by atoms with van der Waals surface area (Å²) in [5, 5.41) is 6.25. The van der Waals surface area contributed by atoms with Crippen LogP contribution in [0.15, 0.2) is 40.5 Å². The maximum Gasteiger partial charge on any atom is 0.433 e. The van der Waals surface area contributed by atoms with Crippen molar-refractivity contribution in [2.24, 2.45) is 0 Å². The van der Waals surface area contributed by atoms with Gasteiger partial charge in [-0.05, 0) is 24.4 Å². The normalized spacial score (nSPS) is 14.0. The molecule has 0 fully saturated rings. The van der Waals surface area contributed by atoms with E-state index in [1.54, 1.807) is 18.3 Å². The van der Waals surface area contributed by atoms with E-state index in [9.17, 15) is 17.4 Å². The lowest BCUT2D eigenvalue weighted by molar-refractivity contribution is -0.141. The molecule has 10 heteroatoms. The molecule has 3 aromatic rings. The van der Waals surface area contributed by atoms with E-state index >= 15 is 0 Å².